The average Bonchev–Trinajstić information content (AvgIpc) is 3.09. The molecule has 1 aliphatic rings. The van der Waals surface area contributed by atoms with Crippen LogP contribution >= 0.6 is 12.2 Å². The molecule has 6 nitrogen and oxygen atoms in total. The predicted molar refractivity (Wildman–Crippen MR) is 155 cm³/mol. The van der Waals surface area contributed by atoms with Gasteiger partial charge in [-0.2, -0.15) is 9.84 Å². The van der Waals surface area contributed by atoms with E-state index in [9.17, 15) is 15.2 Å². The van der Waals surface area contributed by atoms with Gasteiger partial charge in [0.1, 0.15) is 12.6 Å². The van der Waals surface area contributed by atoms with Gasteiger partial charge >= 0.3 is 0 Å². The van der Waals surface area contributed by atoms with Gasteiger partial charge in [-0.05, 0) is 57.6 Å². The summed E-state index contributed by atoms with van der Waals surface area (Å²) < 4.78 is 5.36. The normalized spacial score (nSPS) is 14.8. The van der Waals surface area contributed by atoms with Gasteiger partial charge in [0, 0.05) is 30.8 Å². The Morgan fingerprint density at radius 3 is 2.38 bits per heavy atom. The van der Waals surface area contributed by atoms with Crippen molar-refractivity contribution in [3.63, 3.8) is 0 Å². The van der Waals surface area contributed by atoms with E-state index in [0.717, 1.165) is 11.4 Å². The van der Waals surface area contributed by atoms with Gasteiger partial charge in [0.15, 0.2) is 10.5 Å². The molecule has 0 radical (unpaired) electrons. The quantitative estimate of drug-likeness (QED) is 0.199. The molecular formula is C30H37N4O2S+. The van der Waals surface area contributed by atoms with Crippen LogP contribution in [-0.4, -0.2) is 31.6 Å². The topological polar surface area (TPSA) is 74.0 Å². The molecule has 0 bridgehead atoms. The second-order valence-electron chi connectivity index (χ2n) is 8.75. The number of allylic oxidation sites excluding steroid dienone is 6. The Morgan fingerprint density at radius 1 is 1.22 bits per heavy atom. The van der Waals surface area contributed by atoms with E-state index in [1.165, 1.54) is 20.8 Å². The lowest BCUT2D eigenvalue weighted by Gasteiger charge is -2.16. The molecular weight excluding hydrogens is 480 g/mol. The lowest BCUT2D eigenvalue weighted by atomic mass is 9.80. The Bertz CT molecular complexity index is 1470. The molecule has 0 fully saturated rings. The van der Waals surface area contributed by atoms with Crippen LogP contribution in [0.1, 0.15) is 52.7 Å². The van der Waals surface area contributed by atoms with Crippen LogP contribution in [0.4, 0.5) is 5.69 Å². The minimum Gasteiger partial charge on any atom is -0.494 e. The first kappa shape index (κ1) is 29.5. The van der Waals surface area contributed by atoms with Crippen molar-refractivity contribution in [2.75, 3.05) is 7.05 Å². The zero-order chi connectivity index (χ0) is 27.9. The average molecular weight is 518 g/mol. The molecule has 1 N–H and O–H groups in total. The van der Waals surface area contributed by atoms with Gasteiger partial charge in [-0.15, -0.1) is 0 Å². The summed E-state index contributed by atoms with van der Waals surface area (Å²) in [6, 6.07) is 10.5. The molecule has 0 atom stereocenters. The highest BCUT2D eigenvalue weighted by molar-refractivity contribution is 7.71. The third kappa shape index (κ3) is 5.50. The molecule has 0 amide bonds. The monoisotopic (exact) mass is 517 g/mol. The van der Waals surface area contributed by atoms with Crippen molar-refractivity contribution in [3.8, 4) is 11.9 Å². The van der Waals surface area contributed by atoms with Gasteiger partial charge < -0.3 is 5.11 Å². The van der Waals surface area contributed by atoms with Crippen LogP contribution in [-0.2, 0) is 18.5 Å². The third-order valence-electron chi connectivity index (χ3n) is 6.48. The fraction of sp³-hybridized carbons (Fsp3) is 0.333. The minimum atomic E-state index is -0.370. The molecule has 1 aliphatic heterocycles. The van der Waals surface area contributed by atoms with Crippen LogP contribution in [0.15, 0.2) is 71.1 Å². The predicted octanol–water partition coefficient (Wildman–Crippen LogP) is 6.43. The van der Waals surface area contributed by atoms with Crippen LogP contribution < -0.4 is 5.56 Å². The Balaban J connectivity index is 0.00000235. The zero-order valence-corrected chi connectivity index (χ0v) is 23.7. The largest absolute Gasteiger partial charge is 0.494 e. The van der Waals surface area contributed by atoms with Crippen LogP contribution in [0.3, 0.4) is 0 Å². The van der Waals surface area contributed by atoms with Gasteiger partial charge in [-0.1, -0.05) is 50.8 Å². The van der Waals surface area contributed by atoms with Gasteiger partial charge in [0.2, 0.25) is 11.6 Å². The van der Waals surface area contributed by atoms with Crippen molar-refractivity contribution < 1.29 is 9.68 Å². The first-order valence-corrected chi connectivity index (χ1v) is 12.9. The van der Waals surface area contributed by atoms with Crippen LogP contribution in [0.5, 0.6) is 5.88 Å². The maximum absolute atomic E-state index is 12.8. The minimum absolute atomic E-state index is 0.126. The Kier molecular flexibility index (Phi) is 9.93. The number of para-hydroxylation sites is 1. The van der Waals surface area contributed by atoms with E-state index in [-0.39, 0.29) is 27.2 Å². The van der Waals surface area contributed by atoms with E-state index in [0.29, 0.717) is 24.2 Å². The second kappa shape index (κ2) is 12.5. The second-order valence-corrected chi connectivity index (χ2v) is 9.12. The summed E-state index contributed by atoms with van der Waals surface area (Å²) in [5.74, 6) is -0.183. The fourth-order valence-electron chi connectivity index (χ4n) is 4.51. The molecule has 0 aliphatic carbocycles. The number of benzene rings is 1. The van der Waals surface area contributed by atoms with Gasteiger partial charge in [0.25, 0.3) is 5.56 Å². The molecule has 0 unspecified atom stereocenters. The summed E-state index contributed by atoms with van der Waals surface area (Å²) in [4.78, 5) is 12.8. The Hall–Kier alpha value is -3.76. The summed E-state index contributed by atoms with van der Waals surface area (Å²) in [6.45, 7) is 16.7. The first-order valence-electron chi connectivity index (χ1n) is 12.5. The van der Waals surface area contributed by atoms with Crippen molar-refractivity contribution in [1.29, 1.82) is 5.26 Å². The molecule has 0 saturated carbocycles. The number of hydrogen-bond acceptors (Lipinski definition) is 4. The van der Waals surface area contributed by atoms with Gasteiger partial charge in [0.05, 0.1) is 17.1 Å². The smallest absolute Gasteiger partial charge is 0.265 e. The molecule has 37 heavy (non-hydrogen) atoms. The first-order chi connectivity index (χ1) is 17.6. The summed E-state index contributed by atoms with van der Waals surface area (Å²) in [5.41, 5.74) is 3.97. The molecule has 0 spiro atoms. The SMILES string of the molecule is C=CC(=C\C1=[N+](C)c2ccccc2C1(C)C)/C(C#N)=C/C=C/c1c(O)n(CC)c(=S)n(CC)c1=O.CC. The van der Waals surface area contributed by atoms with E-state index in [4.69, 9.17) is 12.2 Å². The highest BCUT2D eigenvalue weighted by atomic mass is 32.1. The van der Waals surface area contributed by atoms with Crippen molar-refractivity contribution in [2.45, 2.75) is 60.0 Å². The van der Waals surface area contributed by atoms with E-state index < -0.39 is 0 Å². The molecule has 2 heterocycles. The summed E-state index contributed by atoms with van der Waals surface area (Å²) in [6.07, 6.45) is 8.36. The molecule has 1 aromatic heterocycles. The van der Waals surface area contributed by atoms with E-state index in [1.807, 2.05) is 53.0 Å². The van der Waals surface area contributed by atoms with E-state index >= 15 is 0 Å². The number of fused-ring (bicyclic) bond motifs is 1. The molecule has 2 aromatic rings. The molecule has 7 heteroatoms. The summed E-state index contributed by atoms with van der Waals surface area (Å²) in [7, 11) is 2.02. The Labute approximate surface area is 225 Å². The number of hydrogen-bond donors (Lipinski definition) is 1. The van der Waals surface area contributed by atoms with Crippen LogP contribution in [0.25, 0.3) is 6.08 Å². The lowest BCUT2D eigenvalue weighted by Crippen LogP contribution is -2.27. The number of rotatable bonds is 7. The number of aromatic nitrogens is 2. The van der Waals surface area contributed by atoms with Crippen molar-refractivity contribution >= 4 is 29.7 Å². The fourth-order valence-corrected chi connectivity index (χ4v) is 4.94. The third-order valence-corrected chi connectivity index (χ3v) is 6.92. The van der Waals surface area contributed by atoms with Gasteiger partial charge in [-0.3, -0.25) is 13.9 Å². The maximum Gasteiger partial charge on any atom is 0.265 e. The summed E-state index contributed by atoms with van der Waals surface area (Å²) >= 11 is 5.33. The van der Waals surface area contributed by atoms with Crippen molar-refractivity contribution in [2.24, 2.45) is 0 Å². The Morgan fingerprint density at radius 2 is 1.84 bits per heavy atom. The summed E-state index contributed by atoms with van der Waals surface area (Å²) in [5, 5.41) is 20.5. The molecule has 1 aromatic carbocycles. The highest BCUT2D eigenvalue weighted by Gasteiger charge is 2.42. The lowest BCUT2D eigenvalue weighted by molar-refractivity contribution is -0.401. The number of nitriles is 1. The van der Waals surface area contributed by atoms with E-state index in [1.54, 1.807) is 18.2 Å². The van der Waals surface area contributed by atoms with Gasteiger partial charge in [-0.25, -0.2) is 0 Å². The zero-order valence-electron chi connectivity index (χ0n) is 22.9. The molecule has 194 valence electrons. The highest BCUT2D eigenvalue weighted by Crippen LogP contribution is 2.39. The molecule has 0 saturated heterocycles. The van der Waals surface area contributed by atoms with E-state index in [2.05, 4.69) is 43.2 Å². The maximum atomic E-state index is 12.8. The standard InChI is InChI=1S/C28H30N4O2S.C2H6/c1-7-19(17-24-28(4,5)22-15-10-11-16-23(22)30(24)6)20(18-29)13-12-14-21-25(33)31(8-2)27(35)32(9-3)26(21)34;1-2/h7,10-17H,1,8-9H2,2-6H3;1-2H3/p+1. The molecule has 3 rings (SSSR count). The number of nitrogens with zero attached hydrogens (tertiary/aromatic N) is 4. The van der Waals surface area contributed by atoms with Crippen LogP contribution in [0.2, 0.25) is 0 Å². The van der Waals surface area contributed by atoms with Crippen molar-refractivity contribution in [3.05, 3.63) is 92.5 Å². The number of aromatic hydroxyl groups is 1. The van der Waals surface area contributed by atoms with Crippen LogP contribution in [0, 0.1) is 16.1 Å². The van der Waals surface area contributed by atoms with Crippen molar-refractivity contribution in [1.82, 2.24) is 9.13 Å².